The van der Waals surface area contributed by atoms with Gasteiger partial charge in [-0.15, -0.1) is 0 Å². The van der Waals surface area contributed by atoms with Gasteiger partial charge < -0.3 is 4.74 Å². The molecule has 0 saturated carbocycles. The van der Waals surface area contributed by atoms with Gasteiger partial charge in [0, 0.05) is 24.2 Å². The lowest BCUT2D eigenvalue weighted by molar-refractivity contribution is 0.101. The molecule has 0 atom stereocenters. The monoisotopic (exact) mass is 350 g/mol. The molecule has 0 spiro atoms. The van der Waals surface area contributed by atoms with Gasteiger partial charge in [0.25, 0.3) is 0 Å². The number of carbonyl (C=O) groups is 1. The molecule has 0 aliphatic carbocycles. The SMILES string of the molecule is CCCN(Cc1ccc(C#N)cc1)Cc1cc(C(C)=O)ccc1OCC. The van der Waals surface area contributed by atoms with E-state index in [0.717, 1.165) is 36.4 Å². The van der Waals surface area contributed by atoms with Crippen molar-refractivity contribution in [2.75, 3.05) is 13.2 Å². The fourth-order valence-corrected chi connectivity index (χ4v) is 2.93. The van der Waals surface area contributed by atoms with Gasteiger partial charge in [0.1, 0.15) is 5.75 Å². The van der Waals surface area contributed by atoms with Crippen molar-refractivity contribution in [3.8, 4) is 11.8 Å². The van der Waals surface area contributed by atoms with Gasteiger partial charge in [-0.05, 0) is 62.7 Å². The first kappa shape index (κ1) is 19.7. The van der Waals surface area contributed by atoms with Gasteiger partial charge in [-0.1, -0.05) is 19.1 Å². The van der Waals surface area contributed by atoms with E-state index >= 15 is 0 Å². The van der Waals surface area contributed by atoms with Gasteiger partial charge in [0.05, 0.1) is 18.2 Å². The highest BCUT2D eigenvalue weighted by Gasteiger charge is 2.13. The second-order valence-electron chi connectivity index (χ2n) is 6.33. The van der Waals surface area contributed by atoms with E-state index in [1.807, 2.05) is 49.4 Å². The summed E-state index contributed by atoms with van der Waals surface area (Å²) in [6.45, 7) is 8.73. The number of Topliss-reactive ketones (excluding diaryl/α,β-unsaturated/α-hetero) is 1. The first-order valence-electron chi connectivity index (χ1n) is 9.05. The smallest absolute Gasteiger partial charge is 0.159 e. The van der Waals surface area contributed by atoms with Gasteiger partial charge in [-0.3, -0.25) is 9.69 Å². The molecule has 0 amide bonds. The minimum absolute atomic E-state index is 0.0587. The van der Waals surface area contributed by atoms with Crippen LogP contribution in [0.4, 0.5) is 0 Å². The summed E-state index contributed by atoms with van der Waals surface area (Å²) >= 11 is 0. The minimum atomic E-state index is 0.0587. The number of hydrogen-bond donors (Lipinski definition) is 0. The molecular formula is C22H26N2O2. The zero-order valence-electron chi connectivity index (χ0n) is 15.8. The highest BCUT2D eigenvalue weighted by atomic mass is 16.5. The summed E-state index contributed by atoms with van der Waals surface area (Å²) in [6.07, 6.45) is 1.03. The Morgan fingerprint density at radius 3 is 2.42 bits per heavy atom. The van der Waals surface area contributed by atoms with Crippen LogP contribution in [-0.4, -0.2) is 23.8 Å². The first-order chi connectivity index (χ1) is 12.6. The summed E-state index contributed by atoms with van der Waals surface area (Å²) < 4.78 is 5.76. The Morgan fingerprint density at radius 1 is 1.12 bits per heavy atom. The summed E-state index contributed by atoms with van der Waals surface area (Å²) in [6, 6.07) is 15.5. The Bertz CT molecular complexity index is 776. The molecule has 0 fully saturated rings. The van der Waals surface area contributed by atoms with Crippen molar-refractivity contribution in [1.82, 2.24) is 4.90 Å². The van der Waals surface area contributed by atoms with Crippen LogP contribution in [0.5, 0.6) is 5.75 Å². The highest BCUT2D eigenvalue weighted by molar-refractivity contribution is 5.94. The average molecular weight is 350 g/mol. The Labute approximate surface area is 156 Å². The summed E-state index contributed by atoms with van der Waals surface area (Å²) in [4.78, 5) is 14.1. The number of ketones is 1. The molecule has 0 aromatic heterocycles. The van der Waals surface area contributed by atoms with E-state index in [9.17, 15) is 4.79 Å². The van der Waals surface area contributed by atoms with Gasteiger partial charge in [-0.25, -0.2) is 0 Å². The van der Waals surface area contributed by atoms with E-state index in [1.165, 1.54) is 0 Å². The van der Waals surface area contributed by atoms with Crippen molar-refractivity contribution >= 4 is 5.78 Å². The predicted molar refractivity (Wildman–Crippen MR) is 103 cm³/mol. The zero-order valence-corrected chi connectivity index (χ0v) is 15.8. The molecule has 0 aliphatic heterocycles. The molecule has 136 valence electrons. The van der Waals surface area contributed by atoms with Gasteiger partial charge >= 0.3 is 0 Å². The van der Waals surface area contributed by atoms with Gasteiger partial charge in [-0.2, -0.15) is 5.26 Å². The summed E-state index contributed by atoms with van der Waals surface area (Å²) in [5.41, 5.74) is 3.57. The van der Waals surface area contributed by atoms with E-state index in [0.29, 0.717) is 24.3 Å². The predicted octanol–water partition coefficient (Wildman–Crippen LogP) is 4.57. The molecule has 0 radical (unpaired) electrons. The summed E-state index contributed by atoms with van der Waals surface area (Å²) in [7, 11) is 0. The van der Waals surface area contributed by atoms with Crippen LogP contribution in [0.15, 0.2) is 42.5 Å². The molecule has 2 aromatic rings. The summed E-state index contributed by atoms with van der Waals surface area (Å²) in [5.74, 6) is 0.891. The second kappa shape index (κ2) is 9.74. The van der Waals surface area contributed by atoms with Crippen molar-refractivity contribution < 1.29 is 9.53 Å². The van der Waals surface area contributed by atoms with E-state index in [2.05, 4.69) is 17.9 Å². The van der Waals surface area contributed by atoms with Crippen LogP contribution in [-0.2, 0) is 13.1 Å². The lowest BCUT2D eigenvalue weighted by Crippen LogP contribution is -2.24. The Balaban J connectivity index is 2.23. The standard InChI is InChI=1S/C22H26N2O2/c1-4-12-24(15-19-8-6-18(14-23)7-9-19)16-21-13-20(17(3)25)10-11-22(21)26-5-2/h6-11,13H,4-5,12,15-16H2,1-3H3. The molecule has 4 nitrogen and oxygen atoms in total. The molecule has 2 aromatic carbocycles. The van der Waals surface area contributed by atoms with E-state index in [-0.39, 0.29) is 5.78 Å². The molecule has 0 heterocycles. The first-order valence-corrected chi connectivity index (χ1v) is 9.05. The van der Waals surface area contributed by atoms with Crippen molar-refractivity contribution in [2.24, 2.45) is 0 Å². The quantitative estimate of drug-likeness (QED) is 0.622. The highest BCUT2D eigenvalue weighted by Crippen LogP contribution is 2.23. The Morgan fingerprint density at radius 2 is 1.85 bits per heavy atom. The number of benzene rings is 2. The van der Waals surface area contributed by atoms with Crippen molar-refractivity contribution in [1.29, 1.82) is 5.26 Å². The van der Waals surface area contributed by atoms with Crippen molar-refractivity contribution in [3.63, 3.8) is 0 Å². The van der Waals surface area contributed by atoms with Crippen molar-refractivity contribution in [2.45, 2.75) is 40.3 Å². The maximum absolute atomic E-state index is 11.7. The second-order valence-corrected chi connectivity index (χ2v) is 6.33. The molecule has 0 aliphatic rings. The fraction of sp³-hybridized carbons (Fsp3) is 0.364. The third kappa shape index (κ3) is 5.44. The number of carbonyl (C=O) groups excluding carboxylic acids is 1. The lowest BCUT2D eigenvalue weighted by atomic mass is 10.1. The number of nitriles is 1. The molecule has 0 saturated heterocycles. The topological polar surface area (TPSA) is 53.3 Å². The lowest BCUT2D eigenvalue weighted by Gasteiger charge is -2.23. The minimum Gasteiger partial charge on any atom is -0.494 e. The molecule has 0 unspecified atom stereocenters. The number of rotatable bonds is 9. The maximum Gasteiger partial charge on any atom is 0.159 e. The summed E-state index contributed by atoms with van der Waals surface area (Å²) in [5, 5.41) is 8.94. The van der Waals surface area contributed by atoms with Crippen LogP contribution in [0.25, 0.3) is 0 Å². The van der Waals surface area contributed by atoms with Crippen LogP contribution in [0, 0.1) is 11.3 Å². The van der Waals surface area contributed by atoms with E-state index in [4.69, 9.17) is 10.00 Å². The molecule has 2 rings (SSSR count). The largest absolute Gasteiger partial charge is 0.494 e. The maximum atomic E-state index is 11.7. The van der Waals surface area contributed by atoms with E-state index in [1.54, 1.807) is 6.92 Å². The fourth-order valence-electron chi connectivity index (χ4n) is 2.93. The zero-order chi connectivity index (χ0) is 18.9. The third-order valence-corrected chi connectivity index (χ3v) is 4.19. The van der Waals surface area contributed by atoms with Crippen LogP contribution >= 0.6 is 0 Å². The molecular weight excluding hydrogens is 324 g/mol. The number of nitrogens with zero attached hydrogens (tertiary/aromatic N) is 2. The van der Waals surface area contributed by atoms with Crippen LogP contribution in [0.2, 0.25) is 0 Å². The van der Waals surface area contributed by atoms with Gasteiger partial charge in [0.2, 0.25) is 0 Å². The molecule has 0 N–H and O–H groups in total. The Hall–Kier alpha value is -2.64. The molecule has 0 bridgehead atoms. The number of hydrogen-bond acceptors (Lipinski definition) is 4. The van der Waals surface area contributed by atoms with Gasteiger partial charge in [0.15, 0.2) is 5.78 Å². The average Bonchev–Trinajstić information content (AvgIpc) is 2.64. The third-order valence-electron chi connectivity index (χ3n) is 4.19. The molecule has 4 heteroatoms. The molecule has 26 heavy (non-hydrogen) atoms. The van der Waals surface area contributed by atoms with E-state index < -0.39 is 0 Å². The van der Waals surface area contributed by atoms with Crippen molar-refractivity contribution in [3.05, 3.63) is 64.7 Å². The van der Waals surface area contributed by atoms with Crippen LogP contribution in [0.1, 0.15) is 54.2 Å². The number of ether oxygens (including phenoxy) is 1. The van der Waals surface area contributed by atoms with Crippen LogP contribution < -0.4 is 4.74 Å². The Kier molecular flexibility index (Phi) is 7.37. The van der Waals surface area contributed by atoms with Crippen LogP contribution in [0.3, 0.4) is 0 Å². The normalized spacial score (nSPS) is 10.6.